The molecular weight excluding hydrogens is 248 g/mol. The zero-order chi connectivity index (χ0) is 13.8. The van der Waals surface area contributed by atoms with Crippen molar-refractivity contribution < 1.29 is 14.6 Å². The van der Waals surface area contributed by atoms with Crippen LogP contribution in [0.1, 0.15) is 19.4 Å². The number of carboxylic acid groups (broad SMARTS) is 1. The van der Waals surface area contributed by atoms with Gasteiger partial charge < -0.3 is 9.84 Å². The molecule has 1 unspecified atom stereocenters. The number of aliphatic carboxylic acids is 1. The van der Waals surface area contributed by atoms with E-state index in [1.165, 1.54) is 4.68 Å². The third-order valence-electron chi connectivity index (χ3n) is 2.71. The van der Waals surface area contributed by atoms with Crippen LogP contribution in [0.2, 0.25) is 0 Å². The van der Waals surface area contributed by atoms with E-state index in [1.807, 2.05) is 18.2 Å². The van der Waals surface area contributed by atoms with Gasteiger partial charge in [0, 0.05) is 5.56 Å². The van der Waals surface area contributed by atoms with E-state index in [4.69, 9.17) is 9.84 Å². The smallest absolute Gasteiger partial charge is 0.305 e. The highest BCUT2D eigenvalue weighted by atomic mass is 16.5. The number of tetrazole rings is 1. The summed E-state index contributed by atoms with van der Waals surface area (Å²) in [7, 11) is 1.58. The maximum absolute atomic E-state index is 10.8. The van der Waals surface area contributed by atoms with Gasteiger partial charge in [0.05, 0.1) is 19.6 Å². The van der Waals surface area contributed by atoms with Crippen molar-refractivity contribution in [2.75, 3.05) is 7.11 Å². The van der Waals surface area contributed by atoms with Crippen LogP contribution in [0.3, 0.4) is 0 Å². The van der Waals surface area contributed by atoms with Crippen LogP contribution in [-0.2, 0) is 4.79 Å². The Kier molecular flexibility index (Phi) is 3.74. The quantitative estimate of drug-likeness (QED) is 0.875. The summed E-state index contributed by atoms with van der Waals surface area (Å²) < 4.78 is 6.65. The van der Waals surface area contributed by atoms with Gasteiger partial charge in [-0.25, -0.2) is 4.68 Å². The molecule has 0 aliphatic heterocycles. The molecule has 0 spiro atoms. The molecule has 0 fully saturated rings. The van der Waals surface area contributed by atoms with Gasteiger partial charge >= 0.3 is 5.97 Å². The Balaban J connectivity index is 2.35. The summed E-state index contributed by atoms with van der Waals surface area (Å²) in [6, 6.07) is 6.97. The first-order valence-corrected chi connectivity index (χ1v) is 5.76. The van der Waals surface area contributed by atoms with Crippen molar-refractivity contribution in [3.8, 4) is 17.1 Å². The Morgan fingerprint density at radius 2 is 2.32 bits per heavy atom. The summed E-state index contributed by atoms with van der Waals surface area (Å²) in [5.74, 6) is 0.324. The van der Waals surface area contributed by atoms with Crippen molar-refractivity contribution in [3.63, 3.8) is 0 Å². The zero-order valence-corrected chi connectivity index (χ0v) is 10.6. The molecule has 7 nitrogen and oxygen atoms in total. The average Bonchev–Trinajstić information content (AvgIpc) is 2.87. The van der Waals surface area contributed by atoms with Crippen LogP contribution in [0, 0.1) is 0 Å². The van der Waals surface area contributed by atoms with Gasteiger partial charge in [0.2, 0.25) is 0 Å². The van der Waals surface area contributed by atoms with E-state index < -0.39 is 5.97 Å². The van der Waals surface area contributed by atoms with Crippen LogP contribution in [0.4, 0.5) is 0 Å². The second-order valence-corrected chi connectivity index (χ2v) is 4.13. The molecule has 0 radical (unpaired) electrons. The minimum Gasteiger partial charge on any atom is -0.497 e. The average molecular weight is 262 g/mol. The fourth-order valence-electron chi connectivity index (χ4n) is 1.78. The lowest BCUT2D eigenvalue weighted by molar-refractivity contribution is -0.137. The predicted octanol–water partition coefficient (Wildman–Crippen LogP) is 1.38. The highest BCUT2D eigenvalue weighted by molar-refractivity contribution is 5.67. The van der Waals surface area contributed by atoms with Crippen molar-refractivity contribution in [2.24, 2.45) is 0 Å². The second-order valence-electron chi connectivity index (χ2n) is 4.13. The van der Waals surface area contributed by atoms with Gasteiger partial charge in [0.25, 0.3) is 0 Å². The summed E-state index contributed by atoms with van der Waals surface area (Å²) in [6.07, 6.45) is -0.0397. The highest BCUT2D eigenvalue weighted by Crippen LogP contribution is 2.24. The summed E-state index contributed by atoms with van der Waals surface area (Å²) >= 11 is 0. The molecule has 0 aliphatic carbocycles. The van der Waals surface area contributed by atoms with Gasteiger partial charge in [-0.2, -0.15) is 0 Å². The summed E-state index contributed by atoms with van der Waals surface area (Å²) in [5.41, 5.74) is 0.779. The number of hydrogen-bond acceptors (Lipinski definition) is 5. The predicted molar refractivity (Wildman–Crippen MR) is 66.8 cm³/mol. The number of carbonyl (C=O) groups is 1. The molecule has 19 heavy (non-hydrogen) atoms. The minimum absolute atomic E-state index is 0.0397. The molecule has 1 N–H and O–H groups in total. The van der Waals surface area contributed by atoms with E-state index in [0.717, 1.165) is 5.56 Å². The fraction of sp³-hybridized carbons (Fsp3) is 0.333. The topological polar surface area (TPSA) is 90.1 Å². The largest absolute Gasteiger partial charge is 0.497 e. The molecule has 1 heterocycles. The van der Waals surface area contributed by atoms with Crippen LogP contribution < -0.4 is 4.74 Å². The molecule has 0 aliphatic rings. The standard InChI is InChI=1S/C12H14N4O3/c1-8(6-11(17)18)16-12(13-14-15-16)9-4-3-5-10(7-9)19-2/h3-5,7-8H,6H2,1-2H3,(H,17,18). The van der Waals surface area contributed by atoms with Crippen molar-refractivity contribution in [1.29, 1.82) is 0 Å². The SMILES string of the molecule is COc1cccc(-c2nnnn2C(C)CC(=O)O)c1. The summed E-state index contributed by atoms with van der Waals surface area (Å²) in [6.45, 7) is 1.76. The minimum atomic E-state index is -0.889. The van der Waals surface area contributed by atoms with E-state index in [-0.39, 0.29) is 12.5 Å². The number of aromatic nitrogens is 4. The first kappa shape index (κ1) is 13.0. The number of carboxylic acids is 1. The Morgan fingerprint density at radius 1 is 1.53 bits per heavy atom. The molecule has 2 aromatic rings. The van der Waals surface area contributed by atoms with E-state index >= 15 is 0 Å². The molecule has 1 atom stereocenters. The normalized spacial score (nSPS) is 12.1. The Morgan fingerprint density at radius 3 is 3.00 bits per heavy atom. The van der Waals surface area contributed by atoms with Crippen LogP contribution in [0.5, 0.6) is 5.75 Å². The highest BCUT2D eigenvalue weighted by Gasteiger charge is 2.17. The number of benzene rings is 1. The van der Waals surface area contributed by atoms with E-state index in [0.29, 0.717) is 11.6 Å². The lowest BCUT2D eigenvalue weighted by Crippen LogP contribution is -2.13. The molecule has 100 valence electrons. The molecule has 0 saturated carbocycles. The summed E-state index contributed by atoms with van der Waals surface area (Å²) in [5, 5.41) is 20.2. The third-order valence-corrected chi connectivity index (χ3v) is 2.71. The van der Waals surface area contributed by atoms with Crippen LogP contribution >= 0.6 is 0 Å². The van der Waals surface area contributed by atoms with E-state index in [1.54, 1.807) is 20.1 Å². The van der Waals surface area contributed by atoms with Crippen molar-refractivity contribution in [3.05, 3.63) is 24.3 Å². The monoisotopic (exact) mass is 262 g/mol. The summed E-state index contributed by atoms with van der Waals surface area (Å²) in [4.78, 5) is 10.8. The lowest BCUT2D eigenvalue weighted by Gasteiger charge is -2.11. The molecule has 1 aromatic heterocycles. The van der Waals surface area contributed by atoms with Crippen molar-refractivity contribution in [1.82, 2.24) is 20.2 Å². The Bertz CT molecular complexity index is 582. The van der Waals surface area contributed by atoms with Crippen LogP contribution in [0.25, 0.3) is 11.4 Å². The first-order chi connectivity index (χ1) is 9.11. The van der Waals surface area contributed by atoms with Gasteiger partial charge in [-0.15, -0.1) is 5.10 Å². The molecule has 0 saturated heterocycles. The number of rotatable bonds is 5. The molecular formula is C12H14N4O3. The Labute approximate surface area is 109 Å². The third kappa shape index (κ3) is 2.87. The first-order valence-electron chi connectivity index (χ1n) is 5.76. The number of nitrogens with zero attached hydrogens (tertiary/aromatic N) is 4. The molecule has 7 heteroatoms. The van der Waals surface area contributed by atoms with Crippen molar-refractivity contribution in [2.45, 2.75) is 19.4 Å². The van der Waals surface area contributed by atoms with Gasteiger partial charge in [-0.3, -0.25) is 4.79 Å². The zero-order valence-electron chi connectivity index (χ0n) is 10.6. The molecule has 2 rings (SSSR count). The maximum atomic E-state index is 10.8. The van der Waals surface area contributed by atoms with E-state index in [9.17, 15) is 4.79 Å². The number of ether oxygens (including phenoxy) is 1. The van der Waals surface area contributed by atoms with Crippen molar-refractivity contribution >= 4 is 5.97 Å². The van der Waals surface area contributed by atoms with Gasteiger partial charge in [0.1, 0.15) is 5.75 Å². The number of hydrogen-bond donors (Lipinski definition) is 1. The van der Waals surface area contributed by atoms with Crippen LogP contribution in [-0.4, -0.2) is 38.4 Å². The van der Waals surface area contributed by atoms with Gasteiger partial charge in [-0.1, -0.05) is 12.1 Å². The molecule has 0 amide bonds. The van der Waals surface area contributed by atoms with E-state index in [2.05, 4.69) is 15.5 Å². The maximum Gasteiger partial charge on any atom is 0.305 e. The number of methoxy groups -OCH3 is 1. The van der Waals surface area contributed by atoms with Gasteiger partial charge in [-0.05, 0) is 29.5 Å². The lowest BCUT2D eigenvalue weighted by atomic mass is 10.2. The molecule has 0 bridgehead atoms. The van der Waals surface area contributed by atoms with Crippen LogP contribution in [0.15, 0.2) is 24.3 Å². The fourth-order valence-corrected chi connectivity index (χ4v) is 1.78. The van der Waals surface area contributed by atoms with Gasteiger partial charge in [0.15, 0.2) is 5.82 Å². The molecule has 1 aromatic carbocycles. The Hall–Kier alpha value is -2.44. The second kappa shape index (κ2) is 5.47.